The average molecular weight is 400 g/mol. The van der Waals surface area contributed by atoms with Crippen LogP contribution in [-0.4, -0.2) is 60.4 Å². The average Bonchev–Trinajstić information content (AvgIpc) is 2.93. The summed E-state index contributed by atoms with van der Waals surface area (Å²) in [7, 11) is -0.578. The van der Waals surface area contributed by atoms with Crippen molar-refractivity contribution in [1.29, 1.82) is 0 Å². The van der Waals surface area contributed by atoms with E-state index in [0.717, 1.165) is 4.31 Å². The molecule has 0 bridgehead atoms. The highest BCUT2D eigenvalue weighted by atomic mass is 32.2. The molecule has 1 heterocycles. The highest BCUT2D eigenvalue weighted by molar-refractivity contribution is 7.99. The molecule has 144 valence electrons. The second-order valence-corrected chi connectivity index (χ2v) is 9.75. The van der Waals surface area contributed by atoms with E-state index in [1.807, 2.05) is 32.6 Å². The second kappa shape index (κ2) is 7.98. The Labute approximate surface area is 158 Å². The molecule has 7 nitrogen and oxygen atoms in total. The Morgan fingerprint density at radius 2 is 1.81 bits per heavy atom. The van der Waals surface area contributed by atoms with Crippen molar-refractivity contribution in [1.82, 2.24) is 14.2 Å². The number of hydrogen-bond donors (Lipinski definition) is 0. The zero-order valence-electron chi connectivity index (χ0n) is 15.9. The fourth-order valence-corrected chi connectivity index (χ4v) is 4.32. The van der Waals surface area contributed by atoms with Gasteiger partial charge in [-0.3, -0.25) is 4.79 Å². The number of amides is 1. The van der Waals surface area contributed by atoms with Crippen molar-refractivity contribution in [3.63, 3.8) is 0 Å². The minimum Gasteiger partial charge on any atom is -0.431 e. The zero-order valence-corrected chi connectivity index (χ0v) is 17.5. The van der Waals surface area contributed by atoms with Crippen molar-refractivity contribution in [2.75, 3.05) is 19.8 Å². The van der Waals surface area contributed by atoms with Crippen LogP contribution in [0.1, 0.15) is 27.7 Å². The second-order valence-electron chi connectivity index (χ2n) is 6.67. The van der Waals surface area contributed by atoms with Crippen LogP contribution in [0.3, 0.4) is 0 Å². The molecule has 1 amide bonds. The van der Waals surface area contributed by atoms with Gasteiger partial charge in [-0.15, -0.1) is 0 Å². The summed E-state index contributed by atoms with van der Waals surface area (Å²) in [6.07, 6.45) is 0. The lowest BCUT2D eigenvalue weighted by Gasteiger charge is -2.30. The summed E-state index contributed by atoms with van der Waals surface area (Å²) in [6, 6.07) is 4.78. The maximum absolute atomic E-state index is 12.4. The van der Waals surface area contributed by atoms with Crippen LogP contribution in [0.5, 0.6) is 0 Å². The summed E-state index contributed by atoms with van der Waals surface area (Å²) < 4.78 is 31.2. The highest BCUT2D eigenvalue weighted by Crippen LogP contribution is 2.26. The number of nitrogens with zero attached hydrogens (tertiary/aromatic N) is 3. The molecule has 0 aliphatic heterocycles. The van der Waals surface area contributed by atoms with Gasteiger partial charge in [-0.2, -0.15) is 0 Å². The van der Waals surface area contributed by atoms with Gasteiger partial charge in [0, 0.05) is 26.2 Å². The minimum absolute atomic E-state index is 0.0122. The van der Waals surface area contributed by atoms with Gasteiger partial charge in [-0.25, -0.2) is 17.7 Å². The minimum atomic E-state index is -3.53. The smallest absolute Gasteiger partial charge is 0.257 e. The van der Waals surface area contributed by atoms with E-state index >= 15 is 0 Å². The van der Waals surface area contributed by atoms with Crippen molar-refractivity contribution >= 4 is 38.8 Å². The summed E-state index contributed by atoms with van der Waals surface area (Å²) in [5, 5.41) is 0.347. The van der Waals surface area contributed by atoms with Crippen LogP contribution in [-0.2, 0) is 14.8 Å². The van der Waals surface area contributed by atoms with Gasteiger partial charge in [-0.1, -0.05) is 11.8 Å². The van der Waals surface area contributed by atoms with Crippen LogP contribution in [0.2, 0.25) is 0 Å². The number of hydrogen-bond acceptors (Lipinski definition) is 6. The van der Waals surface area contributed by atoms with E-state index in [4.69, 9.17) is 4.42 Å². The first-order chi connectivity index (χ1) is 12.0. The van der Waals surface area contributed by atoms with Crippen LogP contribution in [0.15, 0.2) is 32.7 Å². The number of carbonyl (C=O) groups is 1. The molecule has 1 aromatic carbocycles. The third kappa shape index (κ3) is 4.39. The topological polar surface area (TPSA) is 83.7 Å². The lowest BCUT2D eigenvalue weighted by molar-refractivity contribution is -0.131. The number of oxazole rings is 1. The summed E-state index contributed by atoms with van der Waals surface area (Å²) in [6.45, 7) is 7.92. The maximum Gasteiger partial charge on any atom is 0.257 e. The molecule has 0 radical (unpaired) electrons. The summed E-state index contributed by atoms with van der Waals surface area (Å²) in [4.78, 5) is 18.7. The Morgan fingerprint density at radius 1 is 1.19 bits per heavy atom. The molecule has 0 N–H and O–H groups in total. The first-order valence-corrected chi connectivity index (χ1v) is 10.7. The molecule has 2 aromatic rings. The maximum atomic E-state index is 12.4. The predicted molar refractivity (Wildman–Crippen MR) is 103 cm³/mol. The van der Waals surface area contributed by atoms with E-state index in [2.05, 4.69) is 4.98 Å². The van der Waals surface area contributed by atoms with Crippen LogP contribution >= 0.6 is 11.8 Å². The van der Waals surface area contributed by atoms with Crippen molar-refractivity contribution in [2.45, 2.75) is 49.9 Å². The molecule has 0 unspecified atom stereocenters. The molecular formula is C17H25N3O4S2. The number of benzene rings is 1. The number of rotatable bonds is 7. The first kappa shape index (κ1) is 20.7. The van der Waals surface area contributed by atoms with E-state index in [-0.39, 0.29) is 28.6 Å². The molecule has 9 heteroatoms. The Hall–Kier alpha value is -1.58. The predicted octanol–water partition coefficient (Wildman–Crippen LogP) is 2.82. The number of aromatic nitrogens is 1. The third-order valence-corrected chi connectivity index (χ3v) is 6.46. The van der Waals surface area contributed by atoms with Gasteiger partial charge in [0.1, 0.15) is 5.52 Å². The Kier molecular flexibility index (Phi) is 6.36. The first-order valence-electron chi connectivity index (χ1n) is 8.31. The molecule has 0 fully saturated rings. The SMILES string of the molecule is CC(C)N(C(=O)CSc1nc2cc(S(=O)(=O)N(C)C)ccc2o1)C(C)C. The molecule has 0 saturated heterocycles. The molecule has 2 rings (SSSR count). The van der Waals surface area contributed by atoms with Gasteiger partial charge in [-0.05, 0) is 45.9 Å². The molecule has 0 saturated carbocycles. The number of thioether (sulfide) groups is 1. The van der Waals surface area contributed by atoms with E-state index < -0.39 is 10.0 Å². The van der Waals surface area contributed by atoms with Gasteiger partial charge in [0.15, 0.2) is 5.58 Å². The van der Waals surface area contributed by atoms with Gasteiger partial charge >= 0.3 is 0 Å². The van der Waals surface area contributed by atoms with Crippen LogP contribution < -0.4 is 0 Å². The molecule has 1 aromatic heterocycles. The van der Waals surface area contributed by atoms with Crippen LogP contribution in [0, 0.1) is 0 Å². The van der Waals surface area contributed by atoms with Crippen molar-refractivity contribution in [3.8, 4) is 0 Å². The molecule has 0 aliphatic rings. The van der Waals surface area contributed by atoms with Crippen LogP contribution in [0.4, 0.5) is 0 Å². The fourth-order valence-electron chi connectivity index (χ4n) is 2.69. The monoisotopic (exact) mass is 399 g/mol. The van der Waals surface area contributed by atoms with Crippen molar-refractivity contribution < 1.29 is 17.6 Å². The molecular weight excluding hydrogens is 374 g/mol. The summed E-state index contributed by atoms with van der Waals surface area (Å²) >= 11 is 1.21. The lowest BCUT2D eigenvalue weighted by Crippen LogP contribution is -2.43. The largest absolute Gasteiger partial charge is 0.431 e. The fraction of sp³-hybridized carbons (Fsp3) is 0.529. The lowest BCUT2D eigenvalue weighted by atomic mass is 10.2. The van der Waals surface area contributed by atoms with E-state index in [9.17, 15) is 13.2 Å². The van der Waals surface area contributed by atoms with Crippen molar-refractivity contribution in [3.05, 3.63) is 18.2 Å². The molecule has 0 atom stereocenters. The zero-order chi connectivity index (χ0) is 19.6. The van der Waals surface area contributed by atoms with Gasteiger partial charge in [0.25, 0.3) is 5.22 Å². The Bertz CT molecular complexity index is 881. The number of sulfonamides is 1. The standard InChI is InChI=1S/C17H25N3O4S2/c1-11(2)20(12(3)4)16(21)10-25-17-18-14-9-13(7-8-15(14)24-17)26(22,23)19(5)6/h7-9,11-12H,10H2,1-6H3. The quantitative estimate of drug-likeness (QED) is 0.666. The highest BCUT2D eigenvalue weighted by Gasteiger charge is 2.22. The van der Waals surface area contributed by atoms with Gasteiger partial charge < -0.3 is 9.32 Å². The Morgan fingerprint density at radius 3 is 2.35 bits per heavy atom. The van der Waals surface area contributed by atoms with Gasteiger partial charge in [0.2, 0.25) is 15.9 Å². The van der Waals surface area contributed by atoms with Gasteiger partial charge in [0.05, 0.1) is 10.6 Å². The number of fused-ring (bicyclic) bond motifs is 1. The molecule has 26 heavy (non-hydrogen) atoms. The molecule has 0 spiro atoms. The third-order valence-electron chi connectivity index (χ3n) is 3.84. The van der Waals surface area contributed by atoms with Crippen molar-refractivity contribution in [2.24, 2.45) is 0 Å². The summed E-state index contributed by atoms with van der Waals surface area (Å²) in [5.74, 6) is 0.226. The normalized spacial score (nSPS) is 12.5. The Balaban J connectivity index is 2.18. The van der Waals surface area contributed by atoms with E-state index in [1.165, 1.54) is 38.0 Å². The van der Waals surface area contributed by atoms with E-state index in [0.29, 0.717) is 16.3 Å². The number of carbonyl (C=O) groups excluding carboxylic acids is 1. The van der Waals surface area contributed by atoms with Crippen LogP contribution in [0.25, 0.3) is 11.1 Å². The van der Waals surface area contributed by atoms with E-state index in [1.54, 1.807) is 6.07 Å². The summed E-state index contributed by atoms with van der Waals surface area (Å²) in [5.41, 5.74) is 0.940. The molecule has 0 aliphatic carbocycles.